The Balaban J connectivity index is -0.000000143. The highest BCUT2D eigenvalue weighted by atomic mass is 14.5. The normalized spacial score (nSPS) is 15.9. The third-order valence-electron chi connectivity index (χ3n) is 9.30. The molecule has 46 heavy (non-hydrogen) atoms. The van der Waals surface area contributed by atoms with E-state index in [9.17, 15) is 0 Å². The van der Waals surface area contributed by atoms with Crippen molar-refractivity contribution in [1.82, 2.24) is 0 Å². The van der Waals surface area contributed by atoms with E-state index in [1.807, 2.05) is 6.08 Å². The Kier molecular flexibility index (Phi) is 25.7. The van der Waals surface area contributed by atoms with Crippen molar-refractivity contribution in [2.75, 3.05) is 0 Å². The van der Waals surface area contributed by atoms with Crippen LogP contribution in [0.15, 0.2) is 24.8 Å². The molecule has 282 valence electrons. The maximum absolute atomic E-state index is 3.83. The lowest BCUT2D eigenvalue weighted by Gasteiger charge is -2.26. The van der Waals surface area contributed by atoms with E-state index in [1.54, 1.807) is 0 Å². The molecule has 0 heterocycles. The van der Waals surface area contributed by atoms with E-state index in [0.29, 0.717) is 43.3 Å². The van der Waals surface area contributed by atoms with Crippen molar-refractivity contribution in [2.45, 2.75) is 219 Å². The van der Waals surface area contributed by atoms with E-state index < -0.39 is 0 Å². The van der Waals surface area contributed by atoms with Crippen LogP contribution in [0.3, 0.4) is 0 Å². The zero-order valence-electron chi connectivity index (χ0n) is 38.2. The molecule has 0 aliphatic heterocycles. The lowest BCUT2D eigenvalue weighted by atomic mass is 9.79. The minimum Gasteiger partial charge on any atom is -0.103 e. The summed E-state index contributed by atoms with van der Waals surface area (Å²) in [5.41, 5.74) is 5.24. The van der Waals surface area contributed by atoms with Crippen molar-refractivity contribution in [2.24, 2.45) is 55.2 Å². The van der Waals surface area contributed by atoms with Gasteiger partial charge in [-0.1, -0.05) is 205 Å². The summed E-state index contributed by atoms with van der Waals surface area (Å²) in [6.07, 6.45) is 9.04. The first-order valence-electron chi connectivity index (χ1n) is 18.9. The molecule has 2 aliphatic carbocycles. The first kappa shape index (κ1) is 54.9. The van der Waals surface area contributed by atoms with E-state index in [2.05, 4.69) is 200 Å². The second kappa shape index (κ2) is 21.5. The molecule has 0 nitrogen and oxygen atoms in total. The molecule has 0 aromatic rings. The van der Waals surface area contributed by atoms with Crippen molar-refractivity contribution >= 4 is 0 Å². The molecule has 0 radical (unpaired) electrons. The van der Waals surface area contributed by atoms with E-state index in [-0.39, 0.29) is 0 Å². The van der Waals surface area contributed by atoms with Crippen LogP contribution in [0.4, 0.5) is 0 Å². The average molecular weight is 651 g/mol. The van der Waals surface area contributed by atoms with Crippen molar-refractivity contribution in [3.05, 3.63) is 24.8 Å². The monoisotopic (exact) mass is 651 g/mol. The number of hydrogen-bond acceptors (Lipinski definition) is 0. The summed E-state index contributed by atoms with van der Waals surface area (Å²) in [5.74, 6) is 1.85. The van der Waals surface area contributed by atoms with E-state index in [0.717, 1.165) is 11.8 Å². The Morgan fingerprint density at radius 2 is 0.913 bits per heavy atom. The first-order chi connectivity index (χ1) is 19.6. The molecule has 0 aromatic heterocycles. The van der Waals surface area contributed by atoms with Crippen LogP contribution in [0, 0.1) is 55.2 Å². The van der Waals surface area contributed by atoms with Gasteiger partial charge in [0.2, 0.25) is 0 Å². The lowest BCUT2D eigenvalue weighted by molar-refractivity contribution is 0.237. The second-order valence-corrected chi connectivity index (χ2v) is 23.0. The standard InChI is InChI=1S/C8H16.C7H14.C7H16.C7H14.C6H14.C6H12.C5H12/c1-7(2,3)8(4)5-6-8;1-7(2,3)6-4-5-6;2*1-6(2)7(3,4)5;2*1-5-6(2,3)4;1-5(2,3)4/h5-6H2,1-4H3;6H,4-5H2,1-3H3;6H,1-5H3;1H2,2-5H3;5H2,1-4H3;5H,1H2,2-4H3;1-4H3. The molecule has 2 aliphatic rings. The fraction of sp³-hybridized carbons (Fsp3) is 0.913. The molecule has 0 aromatic carbocycles. The highest BCUT2D eigenvalue weighted by molar-refractivity contribution is 5.00. The summed E-state index contributed by atoms with van der Waals surface area (Å²) in [6.45, 7) is 67.7. The summed E-state index contributed by atoms with van der Waals surface area (Å²) < 4.78 is 0. The minimum atomic E-state index is 0.306. The smallest absolute Gasteiger partial charge is 0.0178 e. The first-order valence-corrected chi connectivity index (χ1v) is 18.9. The summed E-state index contributed by atoms with van der Waals surface area (Å²) in [4.78, 5) is 0. The molecule has 0 heteroatoms. The van der Waals surface area contributed by atoms with Gasteiger partial charge in [-0.05, 0) is 87.8 Å². The zero-order chi connectivity index (χ0) is 39.0. The SMILES string of the molecule is C=C(C)C(C)(C)C.C=CC(C)(C)C.CC(C)(C)C.CC(C)(C)C1(C)CC1.CC(C)(C)C1CC1.CC(C)C(C)(C)C.CCC(C)(C)C. The number of rotatable bonds is 0. The Hall–Kier alpha value is -0.520. The molecule has 0 saturated heterocycles. The predicted octanol–water partition coefficient (Wildman–Crippen LogP) is 17.3. The minimum absolute atomic E-state index is 0.306. The third kappa shape index (κ3) is 47.9. The summed E-state index contributed by atoms with van der Waals surface area (Å²) in [6, 6.07) is 0. The molecular weight excluding hydrogens is 553 g/mol. The molecule has 0 N–H and O–H groups in total. The van der Waals surface area contributed by atoms with Crippen LogP contribution in [0.5, 0.6) is 0 Å². The summed E-state index contributed by atoms with van der Waals surface area (Å²) >= 11 is 0. The van der Waals surface area contributed by atoms with Crippen LogP contribution in [0.1, 0.15) is 219 Å². The Morgan fingerprint density at radius 1 is 0.696 bits per heavy atom. The van der Waals surface area contributed by atoms with Crippen molar-refractivity contribution in [1.29, 1.82) is 0 Å². The highest BCUT2D eigenvalue weighted by Gasteiger charge is 2.47. The average Bonchev–Trinajstić information content (AvgIpc) is 3.66. The Morgan fingerprint density at radius 3 is 0.913 bits per heavy atom. The highest BCUT2D eigenvalue weighted by Crippen LogP contribution is 2.57. The van der Waals surface area contributed by atoms with Gasteiger partial charge in [0.1, 0.15) is 0 Å². The topological polar surface area (TPSA) is 0 Å². The van der Waals surface area contributed by atoms with E-state index in [4.69, 9.17) is 0 Å². The van der Waals surface area contributed by atoms with E-state index in [1.165, 1.54) is 37.7 Å². The van der Waals surface area contributed by atoms with Gasteiger partial charge in [0.25, 0.3) is 0 Å². The zero-order valence-corrected chi connectivity index (χ0v) is 38.2. The van der Waals surface area contributed by atoms with Gasteiger partial charge >= 0.3 is 0 Å². The van der Waals surface area contributed by atoms with Gasteiger partial charge in [-0.25, -0.2) is 0 Å². The van der Waals surface area contributed by atoms with Crippen molar-refractivity contribution in [3.63, 3.8) is 0 Å². The van der Waals surface area contributed by atoms with Gasteiger partial charge in [-0.3, -0.25) is 0 Å². The largest absolute Gasteiger partial charge is 0.103 e. The molecule has 0 amide bonds. The van der Waals surface area contributed by atoms with Crippen LogP contribution in [-0.2, 0) is 0 Å². The van der Waals surface area contributed by atoms with Crippen LogP contribution in [0.2, 0.25) is 0 Å². The van der Waals surface area contributed by atoms with Gasteiger partial charge in [0, 0.05) is 0 Å². The molecular formula is C46H98. The molecule has 2 fully saturated rings. The van der Waals surface area contributed by atoms with E-state index >= 15 is 0 Å². The Labute approximate surface area is 298 Å². The maximum Gasteiger partial charge on any atom is -0.0178 e. The van der Waals surface area contributed by atoms with Crippen molar-refractivity contribution < 1.29 is 0 Å². The van der Waals surface area contributed by atoms with Gasteiger partial charge in [0.15, 0.2) is 0 Å². The third-order valence-corrected chi connectivity index (χ3v) is 9.30. The molecule has 2 rings (SSSR count). The van der Waals surface area contributed by atoms with Crippen LogP contribution >= 0.6 is 0 Å². The quantitative estimate of drug-likeness (QED) is 0.229. The van der Waals surface area contributed by atoms with Gasteiger partial charge in [-0.15, -0.1) is 6.58 Å². The van der Waals surface area contributed by atoms with Gasteiger partial charge in [-0.2, -0.15) is 0 Å². The number of hydrogen-bond donors (Lipinski definition) is 0. The second-order valence-electron chi connectivity index (χ2n) is 23.0. The molecule has 0 unspecified atom stereocenters. The lowest BCUT2D eigenvalue weighted by Crippen LogP contribution is -2.17. The summed E-state index contributed by atoms with van der Waals surface area (Å²) in [5, 5.41) is 0. The van der Waals surface area contributed by atoms with Crippen LogP contribution < -0.4 is 0 Å². The van der Waals surface area contributed by atoms with Crippen molar-refractivity contribution in [3.8, 4) is 0 Å². The maximum atomic E-state index is 3.83. The number of allylic oxidation sites excluding steroid dienone is 2. The molecule has 0 atom stereocenters. The predicted molar refractivity (Wildman–Crippen MR) is 222 cm³/mol. The fourth-order valence-corrected chi connectivity index (χ4v) is 1.89. The Bertz CT molecular complexity index is 722. The molecule has 0 spiro atoms. The molecule has 0 bridgehead atoms. The van der Waals surface area contributed by atoms with Gasteiger partial charge in [0.05, 0.1) is 0 Å². The van der Waals surface area contributed by atoms with Gasteiger partial charge < -0.3 is 0 Å². The molecule has 2 saturated carbocycles. The van der Waals surface area contributed by atoms with Crippen LogP contribution in [0.25, 0.3) is 0 Å². The van der Waals surface area contributed by atoms with Crippen LogP contribution in [-0.4, -0.2) is 0 Å². The summed E-state index contributed by atoms with van der Waals surface area (Å²) in [7, 11) is 0. The fourth-order valence-electron chi connectivity index (χ4n) is 1.89.